The normalized spacial score (nSPS) is 12.2. The second-order valence-corrected chi connectivity index (χ2v) is 4.74. The van der Waals surface area contributed by atoms with Crippen molar-refractivity contribution < 1.29 is 9.13 Å². The molecule has 2 aromatic carbocycles. The zero-order valence-corrected chi connectivity index (χ0v) is 11.3. The van der Waals surface area contributed by atoms with E-state index in [0.717, 1.165) is 11.1 Å². The predicted molar refractivity (Wildman–Crippen MR) is 75.0 cm³/mol. The van der Waals surface area contributed by atoms with Crippen LogP contribution in [-0.2, 0) is 6.42 Å². The highest BCUT2D eigenvalue weighted by atomic mass is 35.5. The van der Waals surface area contributed by atoms with Gasteiger partial charge < -0.3 is 10.5 Å². The van der Waals surface area contributed by atoms with Crippen LogP contribution in [0.5, 0.6) is 5.75 Å². The molecule has 4 heteroatoms. The van der Waals surface area contributed by atoms with Crippen LogP contribution in [0.4, 0.5) is 4.39 Å². The maximum absolute atomic E-state index is 12.8. The number of nitrogens with two attached hydrogens (primary N) is 1. The average molecular weight is 280 g/mol. The Morgan fingerprint density at radius 3 is 2.53 bits per heavy atom. The van der Waals surface area contributed by atoms with E-state index in [1.165, 1.54) is 12.1 Å². The van der Waals surface area contributed by atoms with Crippen molar-refractivity contribution >= 4 is 11.6 Å². The Morgan fingerprint density at radius 2 is 1.89 bits per heavy atom. The largest absolute Gasteiger partial charge is 0.495 e. The van der Waals surface area contributed by atoms with E-state index in [-0.39, 0.29) is 11.9 Å². The highest BCUT2D eigenvalue weighted by molar-refractivity contribution is 6.32. The van der Waals surface area contributed by atoms with Gasteiger partial charge in [0, 0.05) is 6.04 Å². The first-order chi connectivity index (χ1) is 9.10. The van der Waals surface area contributed by atoms with Crippen LogP contribution in [0, 0.1) is 5.82 Å². The molecular formula is C15H15ClFNO. The zero-order valence-electron chi connectivity index (χ0n) is 10.6. The standard InChI is InChI=1S/C15H15ClFNO/c1-19-15-9-11(4-7-13(15)16)14(18)8-10-2-5-12(17)6-3-10/h2-7,9,14H,8,18H2,1H3. The maximum Gasteiger partial charge on any atom is 0.137 e. The van der Waals surface area contributed by atoms with E-state index in [0.29, 0.717) is 17.2 Å². The van der Waals surface area contributed by atoms with Gasteiger partial charge in [-0.25, -0.2) is 4.39 Å². The van der Waals surface area contributed by atoms with Crippen molar-refractivity contribution in [3.8, 4) is 5.75 Å². The first-order valence-electron chi connectivity index (χ1n) is 5.93. The molecule has 0 aliphatic carbocycles. The Morgan fingerprint density at radius 1 is 1.21 bits per heavy atom. The fourth-order valence-electron chi connectivity index (χ4n) is 1.90. The lowest BCUT2D eigenvalue weighted by Gasteiger charge is -2.14. The molecule has 0 spiro atoms. The van der Waals surface area contributed by atoms with E-state index in [9.17, 15) is 4.39 Å². The monoisotopic (exact) mass is 279 g/mol. The molecule has 1 unspecified atom stereocenters. The second kappa shape index (κ2) is 6.04. The summed E-state index contributed by atoms with van der Waals surface area (Å²) in [5.74, 6) is 0.360. The average Bonchev–Trinajstić information content (AvgIpc) is 2.42. The molecule has 0 aliphatic rings. The van der Waals surface area contributed by atoms with E-state index in [2.05, 4.69) is 0 Å². The first kappa shape index (κ1) is 13.8. The van der Waals surface area contributed by atoms with Gasteiger partial charge in [-0.3, -0.25) is 0 Å². The molecule has 0 aliphatic heterocycles. The Labute approximate surface area is 117 Å². The predicted octanol–water partition coefficient (Wildman–Crippen LogP) is 3.73. The minimum Gasteiger partial charge on any atom is -0.495 e. The Balaban J connectivity index is 2.15. The lowest BCUT2D eigenvalue weighted by molar-refractivity contribution is 0.414. The molecule has 0 amide bonds. The van der Waals surface area contributed by atoms with Crippen molar-refractivity contribution in [1.29, 1.82) is 0 Å². The van der Waals surface area contributed by atoms with Crippen molar-refractivity contribution in [2.24, 2.45) is 5.73 Å². The number of ether oxygens (including phenoxy) is 1. The minimum atomic E-state index is -0.245. The number of hydrogen-bond acceptors (Lipinski definition) is 2. The van der Waals surface area contributed by atoms with Crippen LogP contribution < -0.4 is 10.5 Å². The van der Waals surface area contributed by atoms with Gasteiger partial charge in [-0.2, -0.15) is 0 Å². The molecule has 2 N–H and O–H groups in total. The minimum absolute atomic E-state index is 0.184. The molecule has 0 radical (unpaired) electrons. The Kier molecular flexibility index (Phi) is 4.40. The van der Waals surface area contributed by atoms with Gasteiger partial charge in [0.2, 0.25) is 0 Å². The van der Waals surface area contributed by atoms with Crippen LogP contribution in [-0.4, -0.2) is 7.11 Å². The van der Waals surface area contributed by atoms with Crippen LogP contribution >= 0.6 is 11.6 Å². The van der Waals surface area contributed by atoms with Gasteiger partial charge in [-0.1, -0.05) is 29.8 Å². The molecule has 0 heterocycles. The lowest BCUT2D eigenvalue weighted by Crippen LogP contribution is -2.13. The van der Waals surface area contributed by atoms with Crippen LogP contribution in [0.25, 0.3) is 0 Å². The Hall–Kier alpha value is -1.58. The molecule has 0 fully saturated rings. The SMILES string of the molecule is COc1cc(C(N)Cc2ccc(F)cc2)ccc1Cl. The summed E-state index contributed by atoms with van der Waals surface area (Å²) in [6, 6.07) is 11.6. The smallest absolute Gasteiger partial charge is 0.137 e. The summed E-state index contributed by atoms with van der Waals surface area (Å²) in [5, 5.41) is 0.556. The van der Waals surface area contributed by atoms with Gasteiger partial charge in [-0.15, -0.1) is 0 Å². The third-order valence-corrected chi connectivity index (χ3v) is 3.28. The van der Waals surface area contributed by atoms with E-state index in [1.807, 2.05) is 12.1 Å². The summed E-state index contributed by atoms with van der Waals surface area (Å²) in [5.41, 5.74) is 8.07. The van der Waals surface area contributed by atoms with Crippen LogP contribution in [0.15, 0.2) is 42.5 Å². The lowest BCUT2D eigenvalue weighted by atomic mass is 9.99. The molecule has 100 valence electrons. The third kappa shape index (κ3) is 3.46. The fraction of sp³-hybridized carbons (Fsp3) is 0.200. The molecule has 2 rings (SSSR count). The number of methoxy groups -OCH3 is 1. The molecule has 0 saturated heterocycles. The van der Waals surface area contributed by atoms with E-state index >= 15 is 0 Å². The zero-order chi connectivity index (χ0) is 13.8. The van der Waals surface area contributed by atoms with Crippen molar-refractivity contribution in [3.63, 3.8) is 0 Å². The molecule has 19 heavy (non-hydrogen) atoms. The summed E-state index contributed by atoms with van der Waals surface area (Å²) >= 11 is 5.97. The summed E-state index contributed by atoms with van der Waals surface area (Å²) in [6.07, 6.45) is 0.630. The molecule has 1 atom stereocenters. The highest BCUT2D eigenvalue weighted by Gasteiger charge is 2.10. The van der Waals surface area contributed by atoms with Crippen LogP contribution in [0.1, 0.15) is 17.2 Å². The number of hydrogen-bond donors (Lipinski definition) is 1. The molecule has 2 aromatic rings. The van der Waals surface area contributed by atoms with Crippen molar-refractivity contribution in [2.75, 3.05) is 7.11 Å². The van der Waals surface area contributed by atoms with Crippen LogP contribution in [0.2, 0.25) is 5.02 Å². The fourth-order valence-corrected chi connectivity index (χ4v) is 2.09. The molecular weight excluding hydrogens is 265 g/mol. The van der Waals surface area contributed by atoms with Crippen LogP contribution in [0.3, 0.4) is 0 Å². The molecule has 0 aromatic heterocycles. The van der Waals surface area contributed by atoms with Crippen molar-refractivity contribution in [2.45, 2.75) is 12.5 Å². The Bertz CT molecular complexity index is 557. The van der Waals surface area contributed by atoms with Gasteiger partial charge in [0.15, 0.2) is 0 Å². The summed E-state index contributed by atoms with van der Waals surface area (Å²) in [7, 11) is 1.57. The van der Waals surface area contributed by atoms with E-state index < -0.39 is 0 Å². The summed E-state index contributed by atoms with van der Waals surface area (Å²) in [6.45, 7) is 0. The van der Waals surface area contributed by atoms with Gasteiger partial charge >= 0.3 is 0 Å². The van der Waals surface area contributed by atoms with Gasteiger partial charge in [-0.05, 0) is 41.8 Å². The molecule has 2 nitrogen and oxygen atoms in total. The first-order valence-corrected chi connectivity index (χ1v) is 6.31. The van der Waals surface area contributed by atoms with Gasteiger partial charge in [0.25, 0.3) is 0 Å². The van der Waals surface area contributed by atoms with Crippen molar-refractivity contribution in [3.05, 3.63) is 64.4 Å². The topological polar surface area (TPSA) is 35.2 Å². The summed E-state index contributed by atoms with van der Waals surface area (Å²) < 4.78 is 18.0. The van der Waals surface area contributed by atoms with Crippen molar-refractivity contribution in [1.82, 2.24) is 0 Å². The number of benzene rings is 2. The molecule has 0 saturated carbocycles. The van der Waals surface area contributed by atoms with Gasteiger partial charge in [0.1, 0.15) is 11.6 Å². The quantitative estimate of drug-likeness (QED) is 0.925. The second-order valence-electron chi connectivity index (χ2n) is 4.33. The van der Waals surface area contributed by atoms with E-state index in [4.69, 9.17) is 22.1 Å². The van der Waals surface area contributed by atoms with E-state index in [1.54, 1.807) is 25.3 Å². The number of halogens is 2. The maximum atomic E-state index is 12.8. The van der Waals surface area contributed by atoms with Gasteiger partial charge in [0.05, 0.1) is 12.1 Å². The summed E-state index contributed by atoms with van der Waals surface area (Å²) in [4.78, 5) is 0. The molecule has 0 bridgehead atoms. The number of rotatable bonds is 4. The highest BCUT2D eigenvalue weighted by Crippen LogP contribution is 2.28. The third-order valence-electron chi connectivity index (χ3n) is 2.97.